The standard InChI is InChI=1S/C28H35N3O3/c1-18-12-13-22-24(30(18)2)14-15-25-27(22)29-26(31(25)20-10-7-11-21(16-20)34-3)17-23(28(32)33)19-8-5-4-6-9-19/h4-6,8-9,14-15,18,20-21,23H,7,10-13,16-17H2,1-3H3,(H,32,33). The van der Waals surface area contributed by atoms with Crippen LogP contribution in [-0.2, 0) is 22.4 Å². The second-order valence-corrected chi connectivity index (χ2v) is 10.0. The van der Waals surface area contributed by atoms with Crippen LogP contribution in [0.15, 0.2) is 42.5 Å². The number of aliphatic carboxylic acids is 1. The second kappa shape index (κ2) is 9.41. The molecule has 34 heavy (non-hydrogen) atoms. The van der Waals surface area contributed by atoms with Crippen molar-refractivity contribution in [1.29, 1.82) is 0 Å². The summed E-state index contributed by atoms with van der Waals surface area (Å²) in [6.45, 7) is 2.27. The molecule has 6 nitrogen and oxygen atoms in total. The summed E-state index contributed by atoms with van der Waals surface area (Å²) in [4.78, 5) is 19.9. The van der Waals surface area contributed by atoms with E-state index in [2.05, 4.69) is 35.6 Å². The molecule has 1 aliphatic heterocycles. The van der Waals surface area contributed by atoms with Crippen molar-refractivity contribution in [2.45, 2.75) is 76.0 Å². The monoisotopic (exact) mass is 461 g/mol. The van der Waals surface area contributed by atoms with E-state index in [4.69, 9.17) is 9.72 Å². The molecule has 5 rings (SSSR count). The summed E-state index contributed by atoms with van der Waals surface area (Å²) in [5.74, 6) is -0.557. The Labute approximate surface area is 201 Å². The van der Waals surface area contributed by atoms with Gasteiger partial charge in [-0.15, -0.1) is 0 Å². The van der Waals surface area contributed by atoms with Gasteiger partial charge in [0.1, 0.15) is 5.82 Å². The molecule has 4 atom stereocenters. The minimum absolute atomic E-state index is 0.234. The van der Waals surface area contributed by atoms with Gasteiger partial charge in [-0.25, -0.2) is 4.98 Å². The van der Waals surface area contributed by atoms with Gasteiger partial charge in [-0.05, 0) is 63.1 Å². The number of aromatic nitrogens is 2. The molecule has 0 radical (unpaired) electrons. The van der Waals surface area contributed by atoms with Crippen LogP contribution in [0.3, 0.4) is 0 Å². The first-order valence-electron chi connectivity index (χ1n) is 12.5. The molecule has 2 aromatic carbocycles. The Morgan fingerprint density at radius 1 is 1.18 bits per heavy atom. The van der Waals surface area contributed by atoms with Gasteiger partial charge >= 0.3 is 5.97 Å². The lowest BCUT2D eigenvalue weighted by atomic mass is 9.91. The first-order valence-corrected chi connectivity index (χ1v) is 12.5. The number of carboxylic acid groups (broad SMARTS) is 1. The molecule has 0 saturated heterocycles. The number of benzene rings is 2. The Kier molecular flexibility index (Phi) is 6.34. The number of methoxy groups -OCH3 is 1. The first-order chi connectivity index (χ1) is 16.5. The molecule has 180 valence electrons. The maximum atomic E-state index is 12.4. The maximum Gasteiger partial charge on any atom is 0.311 e. The predicted molar refractivity (Wildman–Crippen MR) is 135 cm³/mol. The number of fused-ring (bicyclic) bond motifs is 3. The van der Waals surface area contributed by atoms with Crippen LogP contribution in [0.2, 0.25) is 0 Å². The van der Waals surface area contributed by atoms with E-state index in [9.17, 15) is 9.90 Å². The number of imidazole rings is 1. The summed E-state index contributed by atoms with van der Waals surface area (Å²) in [7, 11) is 3.95. The van der Waals surface area contributed by atoms with Crippen molar-refractivity contribution in [1.82, 2.24) is 9.55 Å². The molecule has 2 aliphatic rings. The van der Waals surface area contributed by atoms with Crippen LogP contribution in [0, 0.1) is 0 Å². The van der Waals surface area contributed by atoms with Crippen LogP contribution in [0.4, 0.5) is 5.69 Å². The van der Waals surface area contributed by atoms with Crippen molar-refractivity contribution < 1.29 is 14.6 Å². The van der Waals surface area contributed by atoms with E-state index < -0.39 is 11.9 Å². The van der Waals surface area contributed by atoms with E-state index in [1.54, 1.807) is 7.11 Å². The SMILES string of the molecule is COC1CCCC(n2c(CC(C(=O)O)c3ccccc3)nc3c4c(ccc32)N(C)C(C)CC4)C1. The lowest BCUT2D eigenvalue weighted by molar-refractivity contribution is -0.138. The van der Waals surface area contributed by atoms with E-state index in [1.807, 2.05) is 30.3 Å². The van der Waals surface area contributed by atoms with E-state index in [-0.39, 0.29) is 12.1 Å². The van der Waals surface area contributed by atoms with E-state index in [1.165, 1.54) is 11.3 Å². The maximum absolute atomic E-state index is 12.4. The number of aryl methyl sites for hydroxylation is 1. The molecular formula is C28H35N3O3. The fourth-order valence-electron chi connectivity index (χ4n) is 5.95. The quantitative estimate of drug-likeness (QED) is 0.536. The Bertz CT molecular complexity index is 1170. The number of rotatable bonds is 6. The Morgan fingerprint density at radius 2 is 1.97 bits per heavy atom. The Balaban J connectivity index is 1.64. The van der Waals surface area contributed by atoms with Gasteiger partial charge in [0.25, 0.3) is 0 Å². The lowest BCUT2D eigenvalue weighted by Crippen LogP contribution is -2.33. The third-order valence-corrected chi connectivity index (χ3v) is 8.05. The number of hydrogen-bond donors (Lipinski definition) is 1. The van der Waals surface area contributed by atoms with Crippen molar-refractivity contribution in [2.24, 2.45) is 0 Å². The Morgan fingerprint density at radius 3 is 2.71 bits per heavy atom. The van der Waals surface area contributed by atoms with Crippen LogP contribution in [0.5, 0.6) is 0 Å². The molecule has 4 unspecified atom stereocenters. The summed E-state index contributed by atoms with van der Waals surface area (Å²) in [5.41, 5.74) is 5.55. The minimum Gasteiger partial charge on any atom is -0.481 e. The minimum atomic E-state index is -0.807. The molecule has 0 spiro atoms. The van der Waals surface area contributed by atoms with Gasteiger partial charge in [0, 0.05) is 43.9 Å². The number of nitrogens with zero attached hydrogens (tertiary/aromatic N) is 3. The number of anilines is 1. The molecule has 2 heterocycles. The third-order valence-electron chi connectivity index (χ3n) is 8.05. The van der Waals surface area contributed by atoms with E-state index >= 15 is 0 Å². The highest BCUT2D eigenvalue weighted by molar-refractivity contribution is 5.86. The summed E-state index contributed by atoms with van der Waals surface area (Å²) in [6.07, 6.45) is 6.90. The summed E-state index contributed by atoms with van der Waals surface area (Å²) in [5, 5.41) is 10.1. The highest BCUT2D eigenvalue weighted by Crippen LogP contribution is 2.40. The van der Waals surface area contributed by atoms with Crippen LogP contribution in [-0.4, -0.2) is 46.9 Å². The molecule has 1 saturated carbocycles. The highest BCUT2D eigenvalue weighted by atomic mass is 16.5. The smallest absolute Gasteiger partial charge is 0.311 e. The van der Waals surface area contributed by atoms with Gasteiger partial charge in [-0.3, -0.25) is 4.79 Å². The van der Waals surface area contributed by atoms with Crippen molar-refractivity contribution in [3.63, 3.8) is 0 Å². The molecule has 6 heteroatoms. The van der Waals surface area contributed by atoms with Gasteiger partial charge in [-0.1, -0.05) is 30.3 Å². The van der Waals surface area contributed by atoms with Gasteiger partial charge < -0.3 is 19.3 Å². The van der Waals surface area contributed by atoms with Crippen molar-refractivity contribution in [3.8, 4) is 0 Å². The molecular weight excluding hydrogens is 426 g/mol. The van der Waals surface area contributed by atoms with Crippen LogP contribution < -0.4 is 4.90 Å². The topological polar surface area (TPSA) is 67.6 Å². The molecule has 3 aromatic rings. The zero-order chi connectivity index (χ0) is 23.8. The van der Waals surface area contributed by atoms with Crippen LogP contribution >= 0.6 is 0 Å². The molecule has 1 aromatic heterocycles. The van der Waals surface area contributed by atoms with Gasteiger partial charge in [0.2, 0.25) is 0 Å². The zero-order valence-corrected chi connectivity index (χ0v) is 20.4. The van der Waals surface area contributed by atoms with Crippen LogP contribution in [0.1, 0.15) is 67.9 Å². The van der Waals surface area contributed by atoms with Crippen molar-refractivity contribution >= 4 is 22.7 Å². The third kappa shape index (κ3) is 4.09. The predicted octanol–water partition coefficient (Wildman–Crippen LogP) is 5.35. The molecule has 0 bridgehead atoms. The summed E-state index contributed by atoms with van der Waals surface area (Å²) < 4.78 is 8.10. The van der Waals surface area contributed by atoms with Gasteiger partial charge in [-0.2, -0.15) is 0 Å². The second-order valence-electron chi connectivity index (χ2n) is 10.0. The van der Waals surface area contributed by atoms with Crippen molar-refractivity contribution in [2.75, 3.05) is 19.1 Å². The summed E-state index contributed by atoms with van der Waals surface area (Å²) >= 11 is 0. The van der Waals surface area contributed by atoms with E-state index in [0.717, 1.165) is 60.9 Å². The van der Waals surface area contributed by atoms with Crippen molar-refractivity contribution in [3.05, 3.63) is 59.4 Å². The lowest BCUT2D eigenvalue weighted by Gasteiger charge is -2.34. The summed E-state index contributed by atoms with van der Waals surface area (Å²) in [6, 6.07) is 14.8. The van der Waals surface area contributed by atoms with E-state index in [0.29, 0.717) is 12.5 Å². The average molecular weight is 462 g/mol. The number of ether oxygens (including phenoxy) is 1. The fourth-order valence-corrected chi connectivity index (χ4v) is 5.95. The van der Waals surface area contributed by atoms with Gasteiger partial charge in [0.15, 0.2) is 0 Å². The van der Waals surface area contributed by atoms with Gasteiger partial charge in [0.05, 0.1) is 23.1 Å². The number of carbonyl (C=O) groups is 1. The zero-order valence-electron chi connectivity index (χ0n) is 20.4. The number of carboxylic acids is 1. The number of hydrogen-bond acceptors (Lipinski definition) is 4. The molecule has 1 fully saturated rings. The average Bonchev–Trinajstić information content (AvgIpc) is 3.23. The Hall–Kier alpha value is -2.86. The van der Waals surface area contributed by atoms with Crippen LogP contribution in [0.25, 0.3) is 11.0 Å². The normalized spacial score (nSPS) is 23.6. The largest absolute Gasteiger partial charge is 0.481 e. The highest BCUT2D eigenvalue weighted by Gasteiger charge is 2.31. The molecule has 1 N–H and O–H groups in total. The first kappa shape index (κ1) is 22.9. The molecule has 1 aliphatic carbocycles. The molecule has 0 amide bonds. The fraction of sp³-hybridized carbons (Fsp3) is 0.500.